The first kappa shape index (κ1) is 24.6. The number of pyridine rings is 1. The summed E-state index contributed by atoms with van der Waals surface area (Å²) >= 11 is 0. The van der Waals surface area contributed by atoms with Crippen molar-refractivity contribution in [3.05, 3.63) is 71.7 Å². The highest BCUT2D eigenvalue weighted by Crippen LogP contribution is 2.31. The summed E-state index contributed by atoms with van der Waals surface area (Å²) in [7, 11) is 0. The van der Waals surface area contributed by atoms with Gasteiger partial charge in [0, 0.05) is 24.4 Å². The predicted octanol–water partition coefficient (Wildman–Crippen LogP) is 3.63. The molecule has 0 unspecified atom stereocenters. The van der Waals surface area contributed by atoms with Crippen LogP contribution in [-0.2, 0) is 9.59 Å². The zero-order chi connectivity index (χ0) is 24.9. The monoisotopic (exact) mass is 476 g/mol. The Morgan fingerprint density at radius 1 is 1.20 bits per heavy atom. The van der Waals surface area contributed by atoms with E-state index in [2.05, 4.69) is 15.5 Å². The zero-order valence-corrected chi connectivity index (χ0v) is 20.3. The fourth-order valence-electron chi connectivity index (χ4n) is 4.67. The molecule has 8 nitrogen and oxygen atoms in total. The van der Waals surface area contributed by atoms with Crippen LogP contribution >= 0.6 is 0 Å². The van der Waals surface area contributed by atoms with Gasteiger partial charge < -0.3 is 19.8 Å². The number of carbonyl (C=O) groups is 2. The fourth-order valence-corrected chi connectivity index (χ4v) is 4.67. The summed E-state index contributed by atoms with van der Waals surface area (Å²) in [6, 6.07) is 13.9. The van der Waals surface area contributed by atoms with E-state index in [0.29, 0.717) is 24.4 Å². The lowest BCUT2D eigenvalue weighted by Crippen LogP contribution is -2.49. The number of benzene rings is 1. The van der Waals surface area contributed by atoms with Crippen LogP contribution in [0.25, 0.3) is 11.3 Å². The molecule has 2 amide bonds. The molecular formula is C27H32N4O4. The highest BCUT2D eigenvalue weighted by Gasteiger charge is 2.40. The van der Waals surface area contributed by atoms with Gasteiger partial charge in [-0.15, -0.1) is 0 Å². The van der Waals surface area contributed by atoms with Crippen LogP contribution in [0.2, 0.25) is 0 Å². The first-order chi connectivity index (χ1) is 16.9. The van der Waals surface area contributed by atoms with Crippen molar-refractivity contribution in [1.29, 1.82) is 0 Å². The summed E-state index contributed by atoms with van der Waals surface area (Å²) in [5, 5.41) is 16.9. The van der Waals surface area contributed by atoms with Crippen LogP contribution in [0.15, 0.2) is 59.3 Å². The summed E-state index contributed by atoms with van der Waals surface area (Å²) in [6.45, 7) is 6.00. The van der Waals surface area contributed by atoms with Gasteiger partial charge in [0.2, 0.25) is 11.8 Å². The molecule has 0 aliphatic carbocycles. The van der Waals surface area contributed by atoms with Crippen LogP contribution in [0.5, 0.6) is 0 Å². The molecule has 0 radical (unpaired) electrons. The molecular weight excluding hydrogens is 444 g/mol. The van der Waals surface area contributed by atoms with E-state index in [-0.39, 0.29) is 24.3 Å². The first-order valence-corrected chi connectivity index (χ1v) is 12.0. The van der Waals surface area contributed by atoms with Gasteiger partial charge in [-0.25, -0.2) is 0 Å². The van der Waals surface area contributed by atoms with E-state index in [4.69, 9.17) is 4.52 Å². The number of aryl methyl sites for hydroxylation is 1. The average molecular weight is 477 g/mol. The smallest absolute Gasteiger partial charge is 0.243 e. The number of nitrogens with one attached hydrogen (secondary N) is 1. The lowest BCUT2D eigenvalue weighted by molar-refractivity contribution is -0.141. The van der Waals surface area contributed by atoms with Gasteiger partial charge in [0.15, 0.2) is 0 Å². The highest BCUT2D eigenvalue weighted by atomic mass is 16.5. The van der Waals surface area contributed by atoms with Crippen molar-refractivity contribution in [2.45, 2.75) is 51.6 Å². The lowest BCUT2D eigenvalue weighted by atomic mass is 9.91. The third-order valence-electron chi connectivity index (χ3n) is 6.50. The summed E-state index contributed by atoms with van der Waals surface area (Å²) < 4.78 is 5.41. The molecule has 2 N–H and O–H groups in total. The third-order valence-corrected chi connectivity index (χ3v) is 6.50. The summed E-state index contributed by atoms with van der Waals surface area (Å²) in [5.74, 6) is -0.386. The molecule has 3 aromatic rings. The Labute approximate surface area is 205 Å². The Morgan fingerprint density at radius 3 is 2.57 bits per heavy atom. The number of rotatable bonds is 8. The number of hydrogen-bond donors (Lipinski definition) is 2. The second kappa shape index (κ2) is 10.8. The van der Waals surface area contributed by atoms with E-state index in [1.165, 1.54) is 0 Å². The van der Waals surface area contributed by atoms with Crippen LogP contribution in [0.1, 0.15) is 55.7 Å². The fraction of sp³-hybridized carbons (Fsp3) is 0.407. The second-order valence-electron chi connectivity index (χ2n) is 9.36. The molecule has 184 valence electrons. The number of hydrogen-bond acceptors (Lipinski definition) is 6. The molecule has 3 atom stereocenters. The third kappa shape index (κ3) is 5.43. The van der Waals surface area contributed by atoms with Crippen molar-refractivity contribution in [3.8, 4) is 11.3 Å². The molecule has 35 heavy (non-hydrogen) atoms. The Bertz CT molecular complexity index is 1140. The van der Waals surface area contributed by atoms with E-state index in [1.54, 1.807) is 17.2 Å². The molecule has 8 heteroatoms. The molecule has 3 heterocycles. The van der Waals surface area contributed by atoms with E-state index in [9.17, 15) is 14.7 Å². The van der Waals surface area contributed by atoms with Gasteiger partial charge in [0.25, 0.3) is 0 Å². The molecule has 1 fully saturated rings. The summed E-state index contributed by atoms with van der Waals surface area (Å²) in [6.07, 6.45) is 3.06. The van der Waals surface area contributed by atoms with Gasteiger partial charge in [-0.1, -0.05) is 49.3 Å². The Balaban J connectivity index is 1.47. The van der Waals surface area contributed by atoms with Crippen molar-refractivity contribution in [2.24, 2.45) is 5.92 Å². The number of amides is 2. The maximum Gasteiger partial charge on any atom is 0.243 e. The normalized spacial score (nSPS) is 17.4. The van der Waals surface area contributed by atoms with Crippen LogP contribution in [0.3, 0.4) is 0 Å². The Morgan fingerprint density at radius 2 is 1.97 bits per heavy atom. The average Bonchev–Trinajstić information content (AvgIpc) is 3.52. The minimum Gasteiger partial charge on any atom is -0.394 e. The van der Waals surface area contributed by atoms with Crippen LogP contribution in [0, 0.1) is 12.8 Å². The molecule has 0 saturated carbocycles. The van der Waals surface area contributed by atoms with E-state index < -0.39 is 18.0 Å². The SMILES string of the molecule is Cc1cc([C@H](C(=O)N2CCC[C@H]2C(=O)N[C@@H](CO)c2ccc(-c3ccccn3)cc2)C(C)C)on1. The number of aliphatic hydroxyl groups excluding tert-OH is 1. The first-order valence-electron chi connectivity index (χ1n) is 12.0. The number of likely N-dealkylation sites (tertiary alicyclic amines) is 1. The lowest BCUT2D eigenvalue weighted by Gasteiger charge is -2.30. The van der Waals surface area contributed by atoms with Crippen molar-refractivity contribution in [1.82, 2.24) is 20.4 Å². The maximum atomic E-state index is 13.5. The van der Waals surface area contributed by atoms with E-state index in [1.807, 2.05) is 63.2 Å². The van der Waals surface area contributed by atoms with Crippen molar-refractivity contribution >= 4 is 11.8 Å². The molecule has 2 aromatic heterocycles. The van der Waals surface area contributed by atoms with E-state index >= 15 is 0 Å². The molecule has 0 bridgehead atoms. The Kier molecular flexibility index (Phi) is 7.60. The molecule has 1 aliphatic rings. The topological polar surface area (TPSA) is 109 Å². The number of nitrogens with zero attached hydrogens (tertiary/aromatic N) is 3. The minimum absolute atomic E-state index is 0.0121. The second-order valence-corrected chi connectivity index (χ2v) is 9.36. The van der Waals surface area contributed by atoms with Crippen LogP contribution in [0.4, 0.5) is 0 Å². The van der Waals surface area contributed by atoms with Crippen molar-refractivity contribution < 1.29 is 19.2 Å². The molecule has 0 spiro atoms. The maximum absolute atomic E-state index is 13.5. The number of aliphatic hydroxyl groups is 1. The number of aromatic nitrogens is 2. The summed E-state index contributed by atoms with van der Waals surface area (Å²) in [5.41, 5.74) is 3.31. The van der Waals surface area contributed by atoms with Crippen LogP contribution in [-0.4, -0.2) is 51.2 Å². The predicted molar refractivity (Wildman–Crippen MR) is 131 cm³/mol. The molecule has 1 aliphatic heterocycles. The van der Waals surface area contributed by atoms with Gasteiger partial charge in [0.1, 0.15) is 17.7 Å². The van der Waals surface area contributed by atoms with Gasteiger partial charge >= 0.3 is 0 Å². The van der Waals surface area contributed by atoms with Gasteiger partial charge in [-0.3, -0.25) is 14.6 Å². The largest absolute Gasteiger partial charge is 0.394 e. The standard InChI is InChI=1S/C27H32N4O4/c1-17(2)25(24-15-18(3)30-35-24)27(34)31-14-6-8-23(31)26(33)29-22(16-32)20-11-9-19(10-12-20)21-7-4-5-13-28-21/h4-5,7,9-13,15,17,22-23,25,32H,6,8,14,16H2,1-3H3,(H,29,33)/t22-,23-,25+/m0/s1. The molecule has 4 rings (SSSR count). The number of carbonyl (C=O) groups excluding carboxylic acids is 2. The van der Waals surface area contributed by atoms with Crippen molar-refractivity contribution in [3.63, 3.8) is 0 Å². The minimum atomic E-state index is -0.588. The van der Waals surface area contributed by atoms with E-state index in [0.717, 1.165) is 23.2 Å². The van der Waals surface area contributed by atoms with Crippen LogP contribution < -0.4 is 5.32 Å². The zero-order valence-electron chi connectivity index (χ0n) is 20.3. The molecule has 1 saturated heterocycles. The summed E-state index contributed by atoms with van der Waals surface area (Å²) in [4.78, 5) is 32.8. The van der Waals surface area contributed by atoms with Gasteiger partial charge in [-0.2, -0.15) is 0 Å². The Hall–Kier alpha value is -3.52. The van der Waals surface area contributed by atoms with Gasteiger partial charge in [-0.05, 0) is 43.4 Å². The van der Waals surface area contributed by atoms with Gasteiger partial charge in [0.05, 0.1) is 24.0 Å². The quantitative estimate of drug-likeness (QED) is 0.514. The van der Waals surface area contributed by atoms with Crippen molar-refractivity contribution in [2.75, 3.05) is 13.2 Å². The highest BCUT2D eigenvalue weighted by molar-refractivity contribution is 5.91. The molecule has 1 aromatic carbocycles.